The van der Waals surface area contributed by atoms with E-state index in [0.29, 0.717) is 0 Å². The van der Waals surface area contributed by atoms with Crippen LogP contribution in [0.1, 0.15) is 95.9 Å². The molecule has 2 aliphatic rings. The summed E-state index contributed by atoms with van der Waals surface area (Å²) in [6.45, 7) is 0. The molecule has 2 aliphatic carbocycles. The third-order valence-electron chi connectivity index (χ3n) is 11.1. The Morgan fingerprint density at radius 2 is 0.311 bits per heavy atom. The van der Waals surface area contributed by atoms with E-state index in [4.69, 9.17) is 0 Å². The minimum absolute atomic E-state index is 0. The van der Waals surface area contributed by atoms with Crippen LogP contribution >= 0.6 is 0 Å². The van der Waals surface area contributed by atoms with Gasteiger partial charge in [-0.3, -0.25) is 0 Å². The molecule has 6 rings (SSSR count). The molecule has 0 atom stereocenters. The number of allylic oxidation sites excluding steroid dienone is 8. The van der Waals surface area contributed by atoms with E-state index in [1.54, 1.807) is 0 Å². The number of alkyl halides is 24. The van der Waals surface area contributed by atoms with Crippen LogP contribution in [0.15, 0.2) is 121 Å². The summed E-state index contributed by atoms with van der Waals surface area (Å²) in [5.41, 5.74) is -30.2. The van der Waals surface area contributed by atoms with Crippen LogP contribution in [0.25, 0.3) is 0 Å². The molecule has 0 aromatic heterocycles. The van der Waals surface area contributed by atoms with Gasteiger partial charge in [0.15, 0.2) is 0 Å². The standard InChI is InChI=1S/C32H12BF24.2C8H12.Rh/c34-25(35,36)13-1-14(26(37,38)39)6-21(5-13)33(22-7-15(27(40,41)42)2-16(8-22)28(43,44)45,23-9-17(29(46,47)48)3-18(10-23)30(49,50)51)24-11-19(31(52,53)54)4-20(12-24)32(55,56)57;2*1-2-4-6-8-7-5-3-1;/h1-12H;2*1-2,7-8H,3-6H2;/q-1;;;/b;2*2-1-,8-7?;. The predicted octanol–water partition coefficient (Wildman–Crippen LogP) is 16.6. The molecule has 74 heavy (non-hydrogen) atoms. The quantitative estimate of drug-likeness (QED) is 0.109. The second-order valence-electron chi connectivity index (χ2n) is 16.4. The van der Waals surface area contributed by atoms with Crippen molar-refractivity contribution in [1.29, 1.82) is 0 Å². The zero-order chi connectivity index (χ0) is 55.2. The number of hydrogen-bond acceptors (Lipinski definition) is 0. The fraction of sp³-hybridized carbons (Fsp3) is 0.333. The molecule has 26 heteroatoms. The molecule has 4 aromatic carbocycles. The van der Waals surface area contributed by atoms with Crippen molar-refractivity contribution in [2.45, 2.75) is 101 Å². The van der Waals surface area contributed by atoms with Crippen molar-refractivity contribution >= 4 is 28.0 Å². The molecular weight excluding hydrogens is 1150 g/mol. The maximum Gasteiger partial charge on any atom is 0.416 e. The molecule has 0 nitrogen and oxygen atoms in total. The summed E-state index contributed by atoms with van der Waals surface area (Å²) >= 11 is 0. The van der Waals surface area contributed by atoms with Crippen molar-refractivity contribution in [3.05, 3.63) is 166 Å². The average Bonchev–Trinajstić information content (AvgIpc) is 3.21. The fourth-order valence-corrected chi connectivity index (χ4v) is 7.78. The first kappa shape index (κ1) is 63.1. The first-order valence-corrected chi connectivity index (χ1v) is 21.2. The first-order valence-electron chi connectivity index (χ1n) is 21.2. The maximum absolute atomic E-state index is 14.2. The third-order valence-corrected chi connectivity index (χ3v) is 11.1. The fourth-order valence-electron chi connectivity index (χ4n) is 7.78. The molecule has 4 aromatic rings. The third kappa shape index (κ3) is 16.9. The van der Waals surface area contributed by atoms with E-state index < -0.39 is 195 Å². The summed E-state index contributed by atoms with van der Waals surface area (Å²) in [7, 11) is 0. The molecule has 0 saturated carbocycles. The van der Waals surface area contributed by atoms with Gasteiger partial charge in [-0.2, -0.15) is 127 Å². The molecule has 0 aliphatic heterocycles. The van der Waals surface area contributed by atoms with Crippen LogP contribution in [0.4, 0.5) is 105 Å². The Morgan fingerprint density at radius 3 is 0.405 bits per heavy atom. The Morgan fingerprint density at radius 1 is 0.203 bits per heavy atom. The van der Waals surface area contributed by atoms with Crippen molar-refractivity contribution in [2.75, 3.05) is 0 Å². The van der Waals surface area contributed by atoms with Crippen LogP contribution in [0, 0.1) is 0 Å². The predicted molar refractivity (Wildman–Crippen MR) is 224 cm³/mol. The number of halogens is 24. The minimum atomic E-state index is -6.13. The van der Waals surface area contributed by atoms with E-state index in [1.165, 1.54) is 51.4 Å². The second kappa shape index (κ2) is 23.8. The van der Waals surface area contributed by atoms with Gasteiger partial charge in [0.05, 0.1) is 44.5 Å². The summed E-state index contributed by atoms with van der Waals surface area (Å²) in [5.74, 6) is 0. The summed E-state index contributed by atoms with van der Waals surface area (Å²) in [6, 6.07) is -8.81. The molecule has 0 spiro atoms. The SMILES string of the molecule is C1=CCC/C=C\CC1.C1=CCC/C=C\CC1.FC(F)(F)c1cc([B-](c2cc(C(F)(F)F)cc(C(F)(F)F)c2)(c2cc(C(F)(F)F)cc(C(F)(F)F)c2)c2cc(C(F)(F)F)cc(C(F)(F)F)c2)cc(C(F)(F)F)c1.[Rh]. The van der Waals surface area contributed by atoms with Crippen LogP contribution in [0.3, 0.4) is 0 Å². The van der Waals surface area contributed by atoms with Crippen LogP contribution in [0.5, 0.6) is 0 Å². The Bertz CT molecular complexity index is 2110. The van der Waals surface area contributed by atoms with Gasteiger partial charge in [0.2, 0.25) is 0 Å². The van der Waals surface area contributed by atoms with Gasteiger partial charge in [-0.25, -0.2) is 0 Å². The van der Waals surface area contributed by atoms with Gasteiger partial charge in [0, 0.05) is 19.5 Å². The van der Waals surface area contributed by atoms with Crippen LogP contribution in [-0.2, 0) is 68.9 Å². The summed E-state index contributed by atoms with van der Waals surface area (Å²) in [5, 5.41) is 0. The van der Waals surface area contributed by atoms with Gasteiger partial charge in [0.25, 0.3) is 0 Å². The zero-order valence-corrected chi connectivity index (χ0v) is 38.8. The summed E-state index contributed by atoms with van der Waals surface area (Å²) in [6.07, 6.45) is -26.8. The average molecular weight is 1180 g/mol. The number of benzene rings is 4. The van der Waals surface area contributed by atoms with Gasteiger partial charge in [-0.05, 0) is 75.6 Å². The molecule has 0 heterocycles. The van der Waals surface area contributed by atoms with Crippen molar-refractivity contribution in [3.63, 3.8) is 0 Å². The minimum Gasteiger partial charge on any atom is -0.194 e. The van der Waals surface area contributed by atoms with Crippen LogP contribution < -0.4 is 21.9 Å². The normalized spacial score (nSPS) is 16.2. The zero-order valence-electron chi connectivity index (χ0n) is 37.2. The van der Waals surface area contributed by atoms with Gasteiger partial charge < -0.3 is 0 Å². The van der Waals surface area contributed by atoms with E-state index in [9.17, 15) is 105 Å². The molecule has 0 amide bonds. The van der Waals surface area contributed by atoms with Gasteiger partial charge in [-0.15, -0.1) is 0 Å². The Hall–Kier alpha value is -5.15. The van der Waals surface area contributed by atoms with Crippen molar-refractivity contribution in [3.8, 4) is 0 Å². The maximum atomic E-state index is 14.2. The molecule has 0 N–H and O–H groups in total. The molecule has 0 saturated heterocycles. The second-order valence-corrected chi connectivity index (χ2v) is 16.4. The van der Waals surface area contributed by atoms with E-state index in [2.05, 4.69) is 48.6 Å². The van der Waals surface area contributed by atoms with E-state index in [-0.39, 0.29) is 19.5 Å². The Balaban J connectivity index is 0.000000717. The van der Waals surface area contributed by atoms with Gasteiger partial charge >= 0.3 is 49.4 Å². The number of rotatable bonds is 4. The van der Waals surface area contributed by atoms with Gasteiger partial charge in [0.1, 0.15) is 6.15 Å². The van der Waals surface area contributed by atoms with E-state index >= 15 is 0 Å². The monoisotopic (exact) mass is 1180 g/mol. The van der Waals surface area contributed by atoms with Crippen molar-refractivity contribution in [1.82, 2.24) is 0 Å². The van der Waals surface area contributed by atoms with Crippen molar-refractivity contribution in [2.24, 2.45) is 0 Å². The molecule has 0 fully saturated rings. The molecule has 0 unspecified atom stereocenters. The molecule has 409 valence electrons. The van der Waals surface area contributed by atoms with Crippen LogP contribution in [0.2, 0.25) is 0 Å². The molecular formula is C48H36BF24Rh-. The topological polar surface area (TPSA) is 0 Å². The summed E-state index contributed by atoms with van der Waals surface area (Å²) < 4.78 is 341. The molecule has 1 radical (unpaired) electrons. The molecule has 0 bridgehead atoms. The van der Waals surface area contributed by atoms with E-state index in [0.717, 1.165) is 0 Å². The van der Waals surface area contributed by atoms with Crippen molar-refractivity contribution < 1.29 is 125 Å². The Kier molecular flexibility index (Phi) is 20.3. The Labute approximate surface area is 418 Å². The van der Waals surface area contributed by atoms with Crippen LogP contribution in [-0.4, -0.2) is 6.15 Å². The first-order chi connectivity index (χ1) is 33.3. The summed E-state index contributed by atoms with van der Waals surface area (Å²) in [4.78, 5) is 0. The number of hydrogen-bond donors (Lipinski definition) is 0. The smallest absolute Gasteiger partial charge is 0.194 e. The van der Waals surface area contributed by atoms with Gasteiger partial charge in [-0.1, -0.05) is 97.1 Å². The van der Waals surface area contributed by atoms with E-state index in [1.807, 2.05) is 0 Å². The largest absolute Gasteiger partial charge is 0.416 e.